The Morgan fingerprint density at radius 1 is 1.20 bits per heavy atom. The van der Waals surface area contributed by atoms with Crippen LogP contribution in [0.1, 0.15) is 17.7 Å². The number of aromatic nitrogens is 1. The van der Waals surface area contributed by atoms with Crippen molar-refractivity contribution in [2.75, 3.05) is 6.61 Å². The van der Waals surface area contributed by atoms with E-state index in [1.54, 1.807) is 12.1 Å². The highest BCUT2D eigenvalue weighted by atomic mass is 32.2. The summed E-state index contributed by atoms with van der Waals surface area (Å²) in [5, 5.41) is 9.55. The first kappa shape index (κ1) is 13.3. The van der Waals surface area contributed by atoms with Gasteiger partial charge in [-0.2, -0.15) is 0 Å². The summed E-state index contributed by atoms with van der Waals surface area (Å²) in [5.74, 6) is -0.265. The molecule has 0 spiro atoms. The lowest BCUT2D eigenvalue weighted by atomic mass is 10.1. The summed E-state index contributed by atoms with van der Waals surface area (Å²) in [4.78, 5) is 12.4. The number of hydrogen-bond acceptors (Lipinski definition) is 4. The van der Waals surface area contributed by atoms with E-state index in [1.165, 1.54) is 0 Å². The van der Waals surface area contributed by atoms with Crippen molar-refractivity contribution in [2.45, 2.75) is 24.5 Å². The summed E-state index contributed by atoms with van der Waals surface area (Å²) in [5.41, 5.74) is 1.53. The normalized spacial score (nSPS) is 16.4. The quantitative estimate of drug-likeness (QED) is 0.908. The number of aliphatic hydroxyl groups excluding tert-OH is 1. The molecule has 0 atom stereocenters. The van der Waals surface area contributed by atoms with E-state index in [2.05, 4.69) is 0 Å². The van der Waals surface area contributed by atoms with Gasteiger partial charge in [0, 0.05) is 29.8 Å². The second-order valence-electron chi connectivity index (χ2n) is 5.03. The molecule has 1 aliphatic rings. The molecule has 1 N–H and O–H groups in total. The lowest BCUT2D eigenvalue weighted by Crippen LogP contribution is -2.17. The average Bonchev–Trinajstić information content (AvgIpc) is 2.75. The number of benzene rings is 1. The SMILES string of the molecule is O=c1c2c(n(CCCO)c3ccccc13)CS(=O)(=O)C2. The molecule has 2 aromatic rings. The van der Waals surface area contributed by atoms with Crippen molar-refractivity contribution in [1.82, 2.24) is 4.57 Å². The van der Waals surface area contributed by atoms with E-state index in [1.807, 2.05) is 16.7 Å². The zero-order valence-corrected chi connectivity index (χ0v) is 11.7. The number of aryl methyl sites for hydroxylation is 1. The Labute approximate surface area is 116 Å². The van der Waals surface area contributed by atoms with Crippen molar-refractivity contribution in [3.63, 3.8) is 0 Å². The van der Waals surface area contributed by atoms with Crippen molar-refractivity contribution >= 4 is 20.7 Å². The maximum atomic E-state index is 12.4. The largest absolute Gasteiger partial charge is 0.396 e. The number of rotatable bonds is 3. The first-order valence-electron chi connectivity index (χ1n) is 6.48. The maximum Gasteiger partial charge on any atom is 0.193 e. The fraction of sp³-hybridized carbons (Fsp3) is 0.357. The van der Waals surface area contributed by atoms with Gasteiger partial charge in [0.25, 0.3) is 0 Å². The van der Waals surface area contributed by atoms with Crippen LogP contribution in [0, 0.1) is 0 Å². The maximum absolute atomic E-state index is 12.4. The standard InChI is InChI=1S/C14H15NO4S/c16-7-3-6-15-12-5-2-1-4-10(12)14(17)11-8-20(18,19)9-13(11)15/h1-2,4-5,16H,3,6-9H2. The molecule has 5 nitrogen and oxygen atoms in total. The van der Waals surface area contributed by atoms with E-state index in [4.69, 9.17) is 5.11 Å². The van der Waals surface area contributed by atoms with Crippen LogP contribution in [0.15, 0.2) is 29.1 Å². The molecule has 3 rings (SSSR count). The van der Waals surface area contributed by atoms with Crippen molar-refractivity contribution in [2.24, 2.45) is 0 Å². The molecule has 6 heteroatoms. The Morgan fingerprint density at radius 3 is 2.70 bits per heavy atom. The Hall–Kier alpha value is -1.66. The second-order valence-corrected chi connectivity index (χ2v) is 7.10. The van der Waals surface area contributed by atoms with Gasteiger partial charge in [-0.3, -0.25) is 4.79 Å². The number of nitrogens with zero attached hydrogens (tertiary/aromatic N) is 1. The monoisotopic (exact) mass is 293 g/mol. The van der Waals surface area contributed by atoms with Crippen molar-refractivity contribution < 1.29 is 13.5 Å². The highest BCUT2D eigenvalue weighted by molar-refractivity contribution is 7.90. The fourth-order valence-corrected chi connectivity index (χ4v) is 4.37. The molecule has 1 aromatic heterocycles. The number of fused-ring (bicyclic) bond motifs is 2. The topological polar surface area (TPSA) is 76.4 Å². The van der Waals surface area contributed by atoms with Crippen LogP contribution < -0.4 is 5.43 Å². The summed E-state index contributed by atoms with van der Waals surface area (Å²) < 4.78 is 25.6. The van der Waals surface area contributed by atoms with Crippen molar-refractivity contribution in [3.05, 3.63) is 45.7 Å². The molecule has 0 radical (unpaired) electrons. The van der Waals surface area contributed by atoms with Crippen LogP contribution in [-0.4, -0.2) is 24.7 Å². The average molecular weight is 293 g/mol. The summed E-state index contributed by atoms with van der Waals surface area (Å²) in [6, 6.07) is 7.14. The van der Waals surface area contributed by atoms with Crippen LogP contribution >= 0.6 is 0 Å². The molecule has 0 amide bonds. The van der Waals surface area contributed by atoms with E-state index in [-0.39, 0.29) is 23.5 Å². The van der Waals surface area contributed by atoms with Crippen LogP contribution in [0.5, 0.6) is 0 Å². The third kappa shape index (κ3) is 2.05. The molecule has 0 bridgehead atoms. The third-order valence-corrected chi connectivity index (χ3v) is 5.09. The highest BCUT2D eigenvalue weighted by Crippen LogP contribution is 2.26. The summed E-state index contributed by atoms with van der Waals surface area (Å²) in [6.07, 6.45) is 0.527. The van der Waals surface area contributed by atoms with Gasteiger partial charge in [0.05, 0.1) is 17.0 Å². The zero-order chi connectivity index (χ0) is 14.3. The summed E-state index contributed by atoms with van der Waals surface area (Å²) in [6.45, 7) is 0.539. The van der Waals surface area contributed by atoms with E-state index >= 15 is 0 Å². The molecular formula is C14H15NO4S. The van der Waals surface area contributed by atoms with Crippen LogP contribution in [0.25, 0.3) is 10.9 Å². The lowest BCUT2D eigenvalue weighted by Gasteiger charge is -2.15. The fourth-order valence-electron chi connectivity index (χ4n) is 2.78. The van der Waals surface area contributed by atoms with Gasteiger partial charge in [-0.05, 0) is 18.6 Å². The summed E-state index contributed by atoms with van der Waals surface area (Å²) in [7, 11) is -3.24. The first-order chi connectivity index (χ1) is 9.53. The minimum atomic E-state index is -3.24. The summed E-state index contributed by atoms with van der Waals surface area (Å²) >= 11 is 0. The van der Waals surface area contributed by atoms with Crippen LogP contribution in [0.2, 0.25) is 0 Å². The van der Waals surface area contributed by atoms with Gasteiger partial charge in [-0.15, -0.1) is 0 Å². The van der Waals surface area contributed by atoms with Gasteiger partial charge < -0.3 is 9.67 Å². The van der Waals surface area contributed by atoms with Crippen LogP contribution in [0.4, 0.5) is 0 Å². The number of para-hydroxylation sites is 1. The van der Waals surface area contributed by atoms with E-state index in [0.29, 0.717) is 29.6 Å². The molecule has 1 aromatic carbocycles. The molecule has 1 aliphatic heterocycles. The molecule has 106 valence electrons. The van der Waals surface area contributed by atoms with E-state index in [0.717, 1.165) is 5.52 Å². The van der Waals surface area contributed by atoms with Gasteiger partial charge in [0.15, 0.2) is 15.3 Å². The predicted molar refractivity (Wildman–Crippen MR) is 76.2 cm³/mol. The number of sulfone groups is 1. The molecule has 0 saturated carbocycles. The van der Waals surface area contributed by atoms with Crippen molar-refractivity contribution in [1.29, 1.82) is 0 Å². The molecule has 0 saturated heterocycles. The predicted octanol–water partition coefficient (Wildman–Crippen LogP) is 0.812. The van der Waals surface area contributed by atoms with Gasteiger partial charge in [0.1, 0.15) is 0 Å². The lowest BCUT2D eigenvalue weighted by molar-refractivity contribution is 0.280. The first-order valence-corrected chi connectivity index (χ1v) is 8.30. The zero-order valence-electron chi connectivity index (χ0n) is 10.9. The number of hydrogen-bond donors (Lipinski definition) is 1. The van der Waals surface area contributed by atoms with E-state index in [9.17, 15) is 13.2 Å². The Kier molecular flexibility index (Phi) is 3.14. The Balaban J connectivity index is 2.35. The smallest absolute Gasteiger partial charge is 0.193 e. The Bertz CT molecular complexity index is 836. The highest BCUT2D eigenvalue weighted by Gasteiger charge is 2.30. The third-order valence-electron chi connectivity index (χ3n) is 3.65. The second kappa shape index (κ2) is 4.71. The van der Waals surface area contributed by atoms with E-state index < -0.39 is 9.84 Å². The molecule has 20 heavy (non-hydrogen) atoms. The molecule has 0 fully saturated rings. The van der Waals surface area contributed by atoms with Crippen LogP contribution in [-0.2, 0) is 27.9 Å². The molecule has 0 unspecified atom stereocenters. The Morgan fingerprint density at radius 2 is 1.95 bits per heavy atom. The van der Waals surface area contributed by atoms with Gasteiger partial charge in [-0.25, -0.2) is 8.42 Å². The molecule has 2 heterocycles. The minimum Gasteiger partial charge on any atom is -0.396 e. The van der Waals surface area contributed by atoms with Crippen molar-refractivity contribution in [3.8, 4) is 0 Å². The van der Waals surface area contributed by atoms with Gasteiger partial charge in [-0.1, -0.05) is 12.1 Å². The van der Waals surface area contributed by atoms with Gasteiger partial charge in [0.2, 0.25) is 0 Å². The number of aliphatic hydroxyl groups is 1. The molecule has 0 aliphatic carbocycles. The minimum absolute atomic E-state index is 0.0297. The van der Waals surface area contributed by atoms with Crippen LogP contribution in [0.3, 0.4) is 0 Å². The van der Waals surface area contributed by atoms with Gasteiger partial charge >= 0.3 is 0 Å². The molecular weight excluding hydrogens is 278 g/mol. The number of pyridine rings is 1.